The third-order valence-electron chi connectivity index (χ3n) is 6.40. The Bertz CT molecular complexity index is 958. The van der Waals surface area contributed by atoms with E-state index in [1.165, 1.54) is 6.07 Å². The number of carbonyl (C=O) groups is 1. The summed E-state index contributed by atoms with van der Waals surface area (Å²) < 4.78 is 32.3. The summed E-state index contributed by atoms with van der Waals surface area (Å²) in [5, 5.41) is 3.22. The van der Waals surface area contributed by atoms with Gasteiger partial charge < -0.3 is 15.0 Å². The normalized spacial score (nSPS) is 22.3. The van der Waals surface area contributed by atoms with E-state index in [2.05, 4.69) is 10.3 Å². The Labute approximate surface area is 180 Å². The standard InChI is InChI=1S/C22H23F2N3O2.ClH/c23-16-6-5-15(11-17(16)24)26-18-12-25-21(22(28)27-7-9-29-10-8-27)20-14-3-1-13(2-4-14)19(18)20;/h5-6,11-14,26H,1-4,7-10H2;1H. The van der Waals surface area contributed by atoms with Crippen molar-refractivity contribution in [1.82, 2.24) is 9.88 Å². The fraction of sp³-hybridized carbons (Fsp3) is 0.455. The second-order valence-electron chi connectivity index (χ2n) is 8.05. The van der Waals surface area contributed by atoms with Crippen molar-refractivity contribution in [1.29, 1.82) is 0 Å². The van der Waals surface area contributed by atoms with Crippen LogP contribution in [0, 0.1) is 11.6 Å². The van der Waals surface area contributed by atoms with Crippen molar-refractivity contribution in [3.63, 3.8) is 0 Å². The van der Waals surface area contributed by atoms with E-state index in [0.29, 0.717) is 49.5 Å². The number of hydrogen-bond acceptors (Lipinski definition) is 4. The Morgan fingerprint density at radius 2 is 1.70 bits per heavy atom. The molecule has 2 aromatic rings. The number of fused-ring (bicyclic) bond motifs is 2. The van der Waals surface area contributed by atoms with Gasteiger partial charge in [0.15, 0.2) is 11.6 Å². The van der Waals surface area contributed by atoms with Crippen molar-refractivity contribution in [3.8, 4) is 0 Å². The highest BCUT2D eigenvalue weighted by atomic mass is 35.5. The average Bonchev–Trinajstić information content (AvgIpc) is 2.77. The van der Waals surface area contributed by atoms with Crippen LogP contribution in [-0.2, 0) is 4.74 Å². The van der Waals surface area contributed by atoms with E-state index >= 15 is 0 Å². The van der Waals surface area contributed by atoms with Crippen LogP contribution in [0.5, 0.6) is 0 Å². The van der Waals surface area contributed by atoms with Crippen molar-refractivity contribution in [2.75, 3.05) is 31.6 Å². The predicted molar refractivity (Wildman–Crippen MR) is 112 cm³/mol. The van der Waals surface area contributed by atoms with Gasteiger partial charge in [0.05, 0.1) is 25.1 Å². The Hall–Kier alpha value is -2.25. The van der Waals surface area contributed by atoms with E-state index in [1.54, 1.807) is 6.20 Å². The van der Waals surface area contributed by atoms with Gasteiger partial charge in [0.25, 0.3) is 5.91 Å². The van der Waals surface area contributed by atoms with Crippen molar-refractivity contribution in [2.24, 2.45) is 0 Å². The third-order valence-corrected chi connectivity index (χ3v) is 6.40. The van der Waals surface area contributed by atoms with E-state index < -0.39 is 11.6 Å². The molecule has 3 aliphatic carbocycles. The SMILES string of the molecule is Cl.O=C(c1ncc(Nc2ccc(F)c(F)c2)c2c1C1CCC2CC1)N1CCOCC1. The molecule has 1 saturated carbocycles. The van der Waals surface area contributed by atoms with Gasteiger partial charge in [-0.25, -0.2) is 13.8 Å². The minimum Gasteiger partial charge on any atom is -0.378 e. The Morgan fingerprint density at radius 3 is 2.37 bits per heavy atom. The smallest absolute Gasteiger partial charge is 0.272 e. The van der Waals surface area contributed by atoms with E-state index in [9.17, 15) is 13.6 Å². The summed E-state index contributed by atoms with van der Waals surface area (Å²) in [5.74, 6) is -1.11. The lowest BCUT2D eigenvalue weighted by Crippen LogP contribution is -2.42. The second-order valence-corrected chi connectivity index (χ2v) is 8.05. The molecule has 1 aromatic carbocycles. The van der Waals surface area contributed by atoms with Gasteiger partial charge in [0, 0.05) is 24.8 Å². The summed E-state index contributed by atoms with van der Waals surface area (Å²) >= 11 is 0. The van der Waals surface area contributed by atoms with Crippen molar-refractivity contribution in [3.05, 3.63) is 52.9 Å². The molecule has 5 nitrogen and oxygen atoms in total. The molecule has 1 aromatic heterocycles. The Balaban J connectivity index is 0.00000218. The first-order valence-electron chi connectivity index (χ1n) is 10.2. The van der Waals surface area contributed by atoms with Crippen LogP contribution in [0.15, 0.2) is 24.4 Å². The number of ether oxygens (including phenoxy) is 1. The van der Waals surface area contributed by atoms with Crippen LogP contribution in [0.1, 0.15) is 59.1 Å². The molecule has 0 radical (unpaired) electrons. The van der Waals surface area contributed by atoms with E-state index in [-0.39, 0.29) is 18.3 Å². The molecule has 0 unspecified atom stereocenters. The number of pyridine rings is 1. The van der Waals surface area contributed by atoms with Crippen LogP contribution >= 0.6 is 12.4 Å². The highest BCUT2D eigenvalue weighted by Crippen LogP contribution is 2.53. The number of rotatable bonds is 3. The van der Waals surface area contributed by atoms with E-state index in [0.717, 1.165) is 54.6 Å². The summed E-state index contributed by atoms with van der Waals surface area (Å²) in [5.41, 5.74) is 3.99. The molecule has 1 aliphatic heterocycles. The zero-order valence-corrected chi connectivity index (χ0v) is 17.3. The molecule has 1 amide bonds. The molecule has 2 bridgehead atoms. The van der Waals surface area contributed by atoms with E-state index in [4.69, 9.17) is 4.74 Å². The molecular formula is C22H24ClF2N3O2. The topological polar surface area (TPSA) is 54.5 Å². The van der Waals surface area contributed by atoms with Crippen molar-refractivity contribution >= 4 is 29.7 Å². The molecule has 4 aliphatic rings. The first-order valence-corrected chi connectivity index (χ1v) is 10.2. The monoisotopic (exact) mass is 435 g/mol. The number of carbonyl (C=O) groups excluding carboxylic acids is 1. The van der Waals surface area contributed by atoms with Gasteiger partial charge in [0.2, 0.25) is 0 Å². The molecule has 1 saturated heterocycles. The molecule has 30 heavy (non-hydrogen) atoms. The minimum absolute atomic E-state index is 0. The molecule has 1 N–H and O–H groups in total. The van der Waals surface area contributed by atoms with Crippen LogP contribution in [-0.4, -0.2) is 42.1 Å². The largest absolute Gasteiger partial charge is 0.378 e. The lowest BCUT2D eigenvalue weighted by atomic mass is 9.66. The summed E-state index contributed by atoms with van der Waals surface area (Å²) in [6.07, 6.45) is 5.97. The van der Waals surface area contributed by atoms with Gasteiger partial charge in [0.1, 0.15) is 5.69 Å². The lowest BCUT2D eigenvalue weighted by Gasteiger charge is -2.40. The van der Waals surface area contributed by atoms with Gasteiger partial charge in [-0.1, -0.05) is 0 Å². The van der Waals surface area contributed by atoms with Crippen LogP contribution in [0.2, 0.25) is 0 Å². The Kier molecular flexibility index (Phi) is 5.93. The maximum absolute atomic E-state index is 13.7. The summed E-state index contributed by atoms with van der Waals surface area (Å²) in [7, 11) is 0. The first-order chi connectivity index (χ1) is 14.1. The quantitative estimate of drug-likeness (QED) is 0.755. The third kappa shape index (κ3) is 3.65. The molecule has 160 valence electrons. The molecule has 8 heteroatoms. The number of aromatic nitrogens is 1. The molecule has 2 heterocycles. The number of nitrogens with zero attached hydrogens (tertiary/aromatic N) is 2. The number of halogens is 3. The highest BCUT2D eigenvalue weighted by molar-refractivity contribution is 5.95. The fourth-order valence-electron chi connectivity index (χ4n) is 4.98. The van der Waals surface area contributed by atoms with E-state index in [1.807, 2.05) is 4.90 Å². The Morgan fingerprint density at radius 1 is 1.03 bits per heavy atom. The van der Waals surface area contributed by atoms with Gasteiger partial charge in [-0.15, -0.1) is 12.4 Å². The highest BCUT2D eigenvalue weighted by Gasteiger charge is 2.39. The lowest BCUT2D eigenvalue weighted by molar-refractivity contribution is 0.0297. The molecule has 0 atom stereocenters. The van der Waals surface area contributed by atoms with Crippen LogP contribution in [0.25, 0.3) is 0 Å². The van der Waals surface area contributed by atoms with Crippen molar-refractivity contribution < 1.29 is 18.3 Å². The number of hydrogen-bond donors (Lipinski definition) is 1. The summed E-state index contributed by atoms with van der Waals surface area (Å²) in [6, 6.07) is 3.77. The van der Waals surface area contributed by atoms with Crippen LogP contribution < -0.4 is 5.32 Å². The fourth-order valence-corrected chi connectivity index (χ4v) is 4.98. The number of morpholine rings is 1. The van der Waals surface area contributed by atoms with Gasteiger partial charge >= 0.3 is 0 Å². The number of anilines is 2. The second kappa shape index (κ2) is 8.47. The number of nitrogens with one attached hydrogen (secondary N) is 1. The maximum atomic E-state index is 13.7. The van der Waals surface area contributed by atoms with Crippen LogP contribution in [0.3, 0.4) is 0 Å². The zero-order chi connectivity index (χ0) is 20.0. The summed E-state index contributed by atoms with van der Waals surface area (Å²) in [4.78, 5) is 19.6. The van der Waals surface area contributed by atoms with Crippen LogP contribution in [0.4, 0.5) is 20.2 Å². The van der Waals surface area contributed by atoms with Gasteiger partial charge in [-0.2, -0.15) is 0 Å². The predicted octanol–water partition coefficient (Wildman–Crippen LogP) is 4.75. The molecule has 0 spiro atoms. The average molecular weight is 436 g/mol. The van der Waals surface area contributed by atoms with Crippen molar-refractivity contribution in [2.45, 2.75) is 37.5 Å². The molecule has 6 rings (SSSR count). The summed E-state index contributed by atoms with van der Waals surface area (Å²) in [6.45, 7) is 2.27. The maximum Gasteiger partial charge on any atom is 0.272 e. The molecule has 2 fully saturated rings. The van der Waals surface area contributed by atoms with Gasteiger partial charge in [-0.3, -0.25) is 4.79 Å². The first kappa shape index (κ1) is 21.0. The molecular weight excluding hydrogens is 412 g/mol. The number of amides is 1. The van der Waals surface area contributed by atoms with Gasteiger partial charge in [-0.05, 0) is 60.8 Å². The zero-order valence-electron chi connectivity index (χ0n) is 16.5. The number of benzene rings is 1. The minimum atomic E-state index is -0.891.